The number of nitrogens with two attached hydrogens (primary N) is 1. The van der Waals surface area contributed by atoms with Crippen molar-refractivity contribution in [3.63, 3.8) is 0 Å². The first kappa shape index (κ1) is 12.2. The van der Waals surface area contributed by atoms with Gasteiger partial charge in [-0.15, -0.1) is 0 Å². The lowest BCUT2D eigenvalue weighted by molar-refractivity contribution is 0.318. The second-order valence-electron chi connectivity index (χ2n) is 3.33. The Kier molecular flexibility index (Phi) is 5.36. The van der Waals surface area contributed by atoms with Gasteiger partial charge in [-0.3, -0.25) is 4.21 Å². The van der Waals surface area contributed by atoms with Crippen molar-refractivity contribution in [2.45, 2.75) is 13.0 Å². The fraction of sp³-hybridized carbons (Fsp3) is 0.455. The first-order chi connectivity index (χ1) is 7.22. The van der Waals surface area contributed by atoms with Gasteiger partial charge in [0, 0.05) is 29.4 Å². The Morgan fingerprint density at radius 2 is 2.00 bits per heavy atom. The van der Waals surface area contributed by atoms with Gasteiger partial charge in [-0.25, -0.2) is 0 Å². The van der Waals surface area contributed by atoms with Crippen LogP contribution in [0.15, 0.2) is 24.3 Å². The lowest BCUT2D eigenvalue weighted by Crippen LogP contribution is -2.03. The molecule has 4 heteroatoms. The number of rotatable bonds is 6. The summed E-state index contributed by atoms with van der Waals surface area (Å²) in [6, 6.07) is 7.72. The van der Waals surface area contributed by atoms with Crippen LogP contribution in [0.3, 0.4) is 0 Å². The molecule has 0 saturated carbocycles. The average molecular weight is 227 g/mol. The molecule has 0 aliphatic rings. The van der Waals surface area contributed by atoms with Crippen molar-refractivity contribution < 1.29 is 8.95 Å². The van der Waals surface area contributed by atoms with Crippen LogP contribution < -0.4 is 10.5 Å². The molecule has 0 radical (unpaired) electrons. The molecule has 0 spiro atoms. The number of benzene rings is 1. The molecule has 2 N–H and O–H groups in total. The third kappa shape index (κ3) is 4.95. The Hall–Kier alpha value is -0.870. The summed E-state index contributed by atoms with van der Waals surface area (Å²) < 4.78 is 16.3. The third-order valence-electron chi connectivity index (χ3n) is 2.00. The van der Waals surface area contributed by atoms with Crippen molar-refractivity contribution in [2.24, 2.45) is 5.73 Å². The van der Waals surface area contributed by atoms with E-state index in [0.29, 0.717) is 18.9 Å². The fourth-order valence-corrected chi connectivity index (χ4v) is 1.70. The van der Waals surface area contributed by atoms with Crippen LogP contribution in [-0.4, -0.2) is 22.8 Å². The smallest absolute Gasteiger partial charge is 0.119 e. The Morgan fingerprint density at radius 3 is 2.53 bits per heavy atom. The summed E-state index contributed by atoms with van der Waals surface area (Å²) in [5.41, 5.74) is 6.57. The van der Waals surface area contributed by atoms with Gasteiger partial charge in [0.25, 0.3) is 0 Å². The van der Waals surface area contributed by atoms with E-state index in [9.17, 15) is 4.21 Å². The molecule has 0 aromatic heterocycles. The maximum atomic E-state index is 10.8. The second-order valence-corrected chi connectivity index (χ2v) is 4.88. The van der Waals surface area contributed by atoms with Crippen molar-refractivity contribution >= 4 is 10.8 Å². The minimum Gasteiger partial charge on any atom is -0.494 e. The molecule has 0 aliphatic heterocycles. The summed E-state index contributed by atoms with van der Waals surface area (Å²) >= 11 is 0. The molecule has 1 atom stereocenters. The van der Waals surface area contributed by atoms with Crippen LogP contribution >= 0.6 is 0 Å². The maximum absolute atomic E-state index is 10.8. The van der Waals surface area contributed by atoms with Crippen LogP contribution in [0.5, 0.6) is 5.75 Å². The molecule has 1 unspecified atom stereocenters. The molecule has 1 aromatic rings. The summed E-state index contributed by atoms with van der Waals surface area (Å²) in [4.78, 5) is 0. The molecule has 15 heavy (non-hydrogen) atoms. The highest BCUT2D eigenvalue weighted by molar-refractivity contribution is 7.84. The predicted octanol–water partition coefficient (Wildman–Crippen LogP) is 1.29. The van der Waals surface area contributed by atoms with Gasteiger partial charge in [0.15, 0.2) is 0 Å². The average Bonchev–Trinajstić information content (AvgIpc) is 2.25. The van der Waals surface area contributed by atoms with Gasteiger partial charge in [0.2, 0.25) is 0 Å². The maximum Gasteiger partial charge on any atom is 0.119 e. The third-order valence-corrected chi connectivity index (χ3v) is 2.87. The first-order valence-electron chi connectivity index (χ1n) is 4.94. The van der Waals surface area contributed by atoms with E-state index < -0.39 is 10.8 Å². The molecule has 0 heterocycles. The number of ether oxygens (including phenoxy) is 1. The zero-order valence-electron chi connectivity index (χ0n) is 8.94. The minimum atomic E-state index is -0.725. The quantitative estimate of drug-likeness (QED) is 0.745. The van der Waals surface area contributed by atoms with Crippen molar-refractivity contribution in [3.05, 3.63) is 29.8 Å². The summed E-state index contributed by atoms with van der Waals surface area (Å²) in [7, 11) is -0.725. The van der Waals surface area contributed by atoms with E-state index in [2.05, 4.69) is 0 Å². The number of hydrogen-bond acceptors (Lipinski definition) is 3. The Bertz CT molecular complexity index is 311. The Balaban J connectivity index is 2.28. The lowest BCUT2D eigenvalue weighted by Gasteiger charge is -2.05. The van der Waals surface area contributed by atoms with Crippen LogP contribution in [0.2, 0.25) is 0 Å². The van der Waals surface area contributed by atoms with Gasteiger partial charge >= 0.3 is 0 Å². The molecule has 0 amide bonds. The monoisotopic (exact) mass is 227 g/mol. The largest absolute Gasteiger partial charge is 0.494 e. The van der Waals surface area contributed by atoms with Crippen LogP contribution in [0, 0.1) is 0 Å². The van der Waals surface area contributed by atoms with E-state index >= 15 is 0 Å². The topological polar surface area (TPSA) is 52.3 Å². The number of hydrogen-bond donors (Lipinski definition) is 1. The van der Waals surface area contributed by atoms with E-state index in [1.807, 2.05) is 24.3 Å². The van der Waals surface area contributed by atoms with Crippen LogP contribution in [0.25, 0.3) is 0 Å². The van der Waals surface area contributed by atoms with Crippen LogP contribution in [-0.2, 0) is 17.3 Å². The first-order valence-corrected chi connectivity index (χ1v) is 6.67. The van der Waals surface area contributed by atoms with E-state index in [1.165, 1.54) is 0 Å². The molecular formula is C11H17NO2S. The van der Waals surface area contributed by atoms with Gasteiger partial charge < -0.3 is 10.5 Å². The van der Waals surface area contributed by atoms with Gasteiger partial charge in [-0.2, -0.15) is 0 Å². The van der Waals surface area contributed by atoms with Gasteiger partial charge in [-0.1, -0.05) is 12.1 Å². The summed E-state index contributed by atoms with van der Waals surface area (Å²) in [6.07, 6.45) is 2.53. The van der Waals surface area contributed by atoms with Crippen molar-refractivity contribution in [1.29, 1.82) is 0 Å². The normalized spacial score (nSPS) is 12.4. The van der Waals surface area contributed by atoms with Crippen LogP contribution in [0.1, 0.15) is 12.0 Å². The van der Waals surface area contributed by atoms with E-state index in [-0.39, 0.29) is 0 Å². The molecule has 3 nitrogen and oxygen atoms in total. The summed E-state index contributed by atoms with van der Waals surface area (Å²) in [5.74, 6) is 1.54. The summed E-state index contributed by atoms with van der Waals surface area (Å²) in [5, 5.41) is 0. The summed E-state index contributed by atoms with van der Waals surface area (Å²) in [6.45, 7) is 1.16. The molecule has 0 fully saturated rings. The van der Waals surface area contributed by atoms with Crippen molar-refractivity contribution in [3.8, 4) is 5.75 Å². The highest BCUT2D eigenvalue weighted by Gasteiger charge is 1.95. The molecule has 0 aliphatic carbocycles. The van der Waals surface area contributed by atoms with E-state index in [4.69, 9.17) is 10.5 Å². The zero-order valence-corrected chi connectivity index (χ0v) is 9.76. The molecule has 0 bridgehead atoms. The van der Waals surface area contributed by atoms with Crippen molar-refractivity contribution in [1.82, 2.24) is 0 Å². The van der Waals surface area contributed by atoms with Crippen molar-refractivity contribution in [2.75, 3.05) is 18.6 Å². The predicted molar refractivity (Wildman–Crippen MR) is 63.4 cm³/mol. The zero-order chi connectivity index (χ0) is 11.1. The molecule has 1 rings (SSSR count). The van der Waals surface area contributed by atoms with E-state index in [0.717, 1.165) is 17.7 Å². The minimum absolute atomic E-state index is 0.551. The van der Waals surface area contributed by atoms with Crippen LogP contribution in [0.4, 0.5) is 0 Å². The van der Waals surface area contributed by atoms with Gasteiger partial charge in [0.1, 0.15) is 5.75 Å². The SMILES string of the molecule is CS(=O)CCCOc1ccc(CN)cc1. The Morgan fingerprint density at radius 1 is 1.33 bits per heavy atom. The fourth-order valence-electron chi connectivity index (χ4n) is 1.17. The highest BCUT2D eigenvalue weighted by atomic mass is 32.2. The van der Waals surface area contributed by atoms with Gasteiger partial charge in [0.05, 0.1) is 6.61 Å². The molecular weight excluding hydrogens is 210 g/mol. The Labute approximate surface area is 93.1 Å². The molecule has 1 aromatic carbocycles. The molecule has 84 valence electrons. The highest BCUT2D eigenvalue weighted by Crippen LogP contribution is 2.11. The second kappa shape index (κ2) is 6.58. The van der Waals surface area contributed by atoms with E-state index in [1.54, 1.807) is 6.26 Å². The lowest BCUT2D eigenvalue weighted by atomic mass is 10.2. The molecule has 0 saturated heterocycles. The van der Waals surface area contributed by atoms with Gasteiger partial charge in [-0.05, 0) is 24.1 Å². The standard InChI is InChI=1S/C11H17NO2S/c1-15(13)8-2-7-14-11-5-3-10(9-12)4-6-11/h3-6H,2,7-9,12H2,1H3.